The van der Waals surface area contributed by atoms with E-state index in [4.69, 9.17) is 4.74 Å². The van der Waals surface area contributed by atoms with Crippen molar-refractivity contribution in [1.82, 2.24) is 4.90 Å². The molecular formula is C25H25NO3S. The monoisotopic (exact) mass is 419 g/mol. The molecule has 5 heteroatoms. The number of hydrogen-bond donors (Lipinski definition) is 0. The second kappa shape index (κ2) is 8.05. The van der Waals surface area contributed by atoms with Gasteiger partial charge in [0.15, 0.2) is 0 Å². The minimum atomic E-state index is -0.418. The van der Waals surface area contributed by atoms with Crippen LogP contribution in [0.1, 0.15) is 40.7 Å². The first-order valence-electron chi connectivity index (χ1n) is 10.7. The Morgan fingerprint density at radius 1 is 0.967 bits per heavy atom. The van der Waals surface area contributed by atoms with E-state index in [2.05, 4.69) is 35.2 Å². The molecule has 0 N–H and O–H groups in total. The van der Waals surface area contributed by atoms with Gasteiger partial charge in [0.05, 0.1) is 0 Å². The maximum atomic E-state index is 12.6. The largest absolute Gasteiger partial charge is 0.483 e. The summed E-state index contributed by atoms with van der Waals surface area (Å²) in [6.07, 6.45) is 4.27. The zero-order chi connectivity index (χ0) is 20.6. The normalized spacial score (nSPS) is 23.9. The fourth-order valence-corrected chi connectivity index (χ4v) is 5.95. The van der Waals surface area contributed by atoms with Crippen LogP contribution in [0.2, 0.25) is 0 Å². The highest BCUT2D eigenvalue weighted by Gasteiger charge is 2.46. The van der Waals surface area contributed by atoms with Gasteiger partial charge in [-0.15, -0.1) is 11.8 Å². The third kappa shape index (κ3) is 3.61. The van der Waals surface area contributed by atoms with Gasteiger partial charge in [0.1, 0.15) is 16.3 Å². The quantitative estimate of drug-likeness (QED) is 0.690. The summed E-state index contributed by atoms with van der Waals surface area (Å²) in [5.74, 6) is 0.515. The highest BCUT2D eigenvalue weighted by Crippen LogP contribution is 2.46. The number of carbonyl (C=O) groups is 2. The van der Waals surface area contributed by atoms with Crippen molar-refractivity contribution in [1.29, 1.82) is 0 Å². The summed E-state index contributed by atoms with van der Waals surface area (Å²) < 4.78 is 6.60. The molecule has 0 bridgehead atoms. The Labute approximate surface area is 181 Å². The molecule has 3 aliphatic rings. The van der Waals surface area contributed by atoms with Crippen LogP contribution in [0.4, 0.5) is 0 Å². The van der Waals surface area contributed by atoms with Gasteiger partial charge in [0, 0.05) is 23.4 Å². The molecule has 2 heterocycles. The summed E-state index contributed by atoms with van der Waals surface area (Å²) >= 11 is 1.51. The second-order valence-electron chi connectivity index (χ2n) is 8.40. The number of likely N-dealkylation sites (tertiary alicyclic amines) is 1. The SMILES string of the molecule is O=C1C(=O)c2ccccc2C2=C1SCC1(CCCN(CCCc3ccccc3)C1)O2. The Morgan fingerprint density at radius 3 is 2.57 bits per heavy atom. The van der Waals surface area contributed by atoms with Gasteiger partial charge in [0.2, 0.25) is 11.6 Å². The number of Topliss-reactive ketones (excluding diaryl/α,β-unsaturated/α-hetero) is 2. The number of benzene rings is 2. The van der Waals surface area contributed by atoms with Crippen LogP contribution >= 0.6 is 11.8 Å². The molecule has 1 fully saturated rings. The van der Waals surface area contributed by atoms with Crippen molar-refractivity contribution in [2.45, 2.75) is 31.3 Å². The van der Waals surface area contributed by atoms with Crippen LogP contribution in [0, 0.1) is 0 Å². The van der Waals surface area contributed by atoms with Gasteiger partial charge in [-0.1, -0.05) is 54.6 Å². The van der Waals surface area contributed by atoms with Crippen molar-refractivity contribution in [2.24, 2.45) is 0 Å². The second-order valence-corrected chi connectivity index (χ2v) is 9.39. The smallest absolute Gasteiger partial charge is 0.243 e. The van der Waals surface area contributed by atoms with Gasteiger partial charge >= 0.3 is 0 Å². The highest BCUT2D eigenvalue weighted by molar-refractivity contribution is 8.04. The maximum absolute atomic E-state index is 12.6. The summed E-state index contributed by atoms with van der Waals surface area (Å²) in [7, 11) is 0. The lowest BCUT2D eigenvalue weighted by Gasteiger charge is -2.46. The van der Waals surface area contributed by atoms with Gasteiger partial charge in [0.25, 0.3) is 0 Å². The number of hydrogen-bond acceptors (Lipinski definition) is 5. The molecule has 1 atom stereocenters. The van der Waals surface area contributed by atoms with Crippen LogP contribution in [0.15, 0.2) is 59.5 Å². The van der Waals surface area contributed by atoms with Gasteiger partial charge in [-0.25, -0.2) is 0 Å². The van der Waals surface area contributed by atoms with Crippen molar-refractivity contribution in [3.63, 3.8) is 0 Å². The lowest BCUT2D eigenvalue weighted by molar-refractivity contribution is -0.111. The molecule has 5 rings (SSSR count). The topological polar surface area (TPSA) is 46.6 Å². The van der Waals surface area contributed by atoms with Crippen molar-refractivity contribution < 1.29 is 14.3 Å². The fourth-order valence-electron chi connectivity index (χ4n) is 4.75. The molecular weight excluding hydrogens is 394 g/mol. The Kier molecular flexibility index (Phi) is 5.25. The maximum Gasteiger partial charge on any atom is 0.243 e. The van der Waals surface area contributed by atoms with Crippen LogP contribution in [-0.2, 0) is 16.0 Å². The van der Waals surface area contributed by atoms with E-state index in [9.17, 15) is 9.59 Å². The molecule has 0 amide bonds. The zero-order valence-electron chi connectivity index (χ0n) is 16.9. The lowest BCUT2D eigenvalue weighted by atomic mass is 9.90. The summed E-state index contributed by atoms with van der Waals surface area (Å²) in [5.41, 5.74) is 2.33. The van der Waals surface area contributed by atoms with E-state index in [0.717, 1.165) is 56.6 Å². The van der Waals surface area contributed by atoms with Crippen molar-refractivity contribution in [3.8, 4) is 0 Å². The van der Waals surface area contributed by atoms with Gasteiger partial charge in [-0.05, 0) is 44.3 Å². The Balaban J connectivity index is 1.31. The third-order valence-corrected chi connectivity index (χ3v) is 7.56. The summed E-state index contributed by atoms with van der Waals surface area (Å²) in [4.78, 5) is 28.1. The number of aryl methyl sites for hydroxylation is 1. The Bertz CT molecular complexity index is 1020. The average Bonchev–Trinajstić information content (AvgIpc) is 2.78. The number of fused-ring (bicyclic) bond motifs is 2. The van der Waals surface area contributed by atoms with Crippen molar-refractivity contribution in [3.05, 3.63) is 76.2 Å². The molecule has 2 aromatic carbocycles. The number of ketones is 2. The Morgan fingerprint density at radius 2 is 1.73 bits per heavy atom. The molecule has 0 radical (unpaired) electrons. The first kappa shape index (κ1) is 19.6. The third-order valence-electron chi connectivity index (χ3n) is 6.23. The number of ether oxygens (including phenoxy) is 1. The molecule has 0 saturated carbocycles. The molecule has 0 aromatic heterocycles. The van der Waals surface area contributed by atoms with Gasteiger partial charge in [-0.3, -0.25) is 14.5 Å². The van der Waals surface area contributed by atoms with E-state index in [1.54, 1.807) is 12.1 Å². The molecule has 2 aliphatic heterocycles. The van der Waals surface area contributed by atoms with E-state index < -0.39 is 11.6 Å². The standard InChI is InChI=1S/C25H25NO3S/c27-21-19-11-4-5-12-20(19)23-24(22(21)28)30-17-25(29-23)13-7-15-26(16-25)14-6-10-18-8-2-1-3-9-18/h1-5,8-9,11-12H,6-7,10,13-17H2. The predicted octanol–water partition coefficient (Wildman–Crippen LogP) is 4.35. The van der Waals surface area contributed by atoms with E-state index in [-0.39, 0.29) is 5.60 Å². The molecule has 30 heavy (non-hydrogen) atoms. The minimum Gasteiger partial charge on any atom is -0.483 e. The zero-order valence-corrected chi connectivity index (χ0v) is 17.7. The summed E-state index contributed by atoms with van der Waals surface area (Å²) in [5, 5.41) is 0. The number of allylic oxidation sites excluding steroid dienone is 1. The minimum absolute atomic E-state index is 0.289. The average molecular weight is 420 g/mol. The first-order chi connectivity index (χ1) is 14.7. The lowest BCUT2D eigenvalue weighted by Crippen LogP contribution is -2.53. The Hall–Kier alpha value is -2.37. The van der Waals surface area contributed by atoms with Crippen LogP contribution < -0.4 is 0 Å². The molecule has 1 aliphatic carbocycles. The number of thioether (sulfide) groups is 1. The molecule has 4 nitrogen and oxygen atoms in total. The fraction of sp³-hybridized carbons (Fsp3) is 0.360. The van der Waals surface area contributed by atoms with E-state index in [0.29, 0.717) is 16.2 Å². The molecule has 154 valence electrons. The number of rotatable bonds is 4. The van der Waals surface area contributed by atoms with E-state index in [1.165, 1.54) is 17.3 Å². The summed E-state index contributed by atoms with van der Waals surface area (Å²) in [6, 6.07) is 17.9. The first-order valence-corrected chi connectivity index (χ1v) is 11.6. The number of piperidine rings is 1. The molecule has 1 unspecified atom stereocenters. The predicted molar refractivity (Wildman–Crippen MR) is 119 cm³/mol. The van der Waals surface area contributed by atoms with Crippen LogP contribution in [0.25, 0.3) is 5.76 Å². The van der Waals surface area contributed by atoms with Crippen LogP contribution in [0.5, 0.6) is 0 Å². The van der Waals surface area contributed by atoms with E-state index in [1.807, 2.05) is 12.1 Å². The van der Waals surface area contributed by atoms with E-state index >= 15 is 0 Å². The van der Waals surface area contributed by atoms with Crippen LogP contribution in [0.3, 0.4) is 0 Å². The highest BCUT2D eigenvalue weighted by atomic mass is 32.2. The molecule has 1 spiro atoms. The van der Waals surface area contributed by atoms with Gasteiger partial charge < -0.3 is 4.74 Å². The summed E-state index contributed by atoms with van der Waals surface area (Å²) in [6.45, 7) is 3.00. The number of nitrogens with zero attached hydrogens (tertiary/aromatic N) is 1. The number of carbonyl (C=O) groups excluding carboxylic acids is 2. The van der Waals surface area contributed by atoms with Crippen LogP contribution in [-0.4, -0.2) is 47.5 Å². The molecule has 1 saturated heterocycles. The van der Waals surface area contributed by atoms with Gasteiger partial charge in [-0.2, -0.15) is 0 Å². The van der Waals surface area contributed by atoms with Crippen molar-refractivity contribution >= 4 is 29.1 Å². The van der Waals surface area contributed by atoms with Crippen molar-refractivity contribution in [2.75, 3.05) is 25.4 Å². The molecule has 2 aromatic rings.